The van der Waals surface area contributed by atoms with E-state index in [-0.39, 0.29) is 0 Å². The quantitative estimate of drug-likeness (QED) is 0.816. The highest BCUT2D eigenvalue weighted by Crippen LogP contribution is 2.30. The molecule has 78 valence electrons. The first-order valence-corrected chi connectivity index (χ1v) is 5.60. The fourth-order valence-corrected chi connectivity index (χ4v) is 2.45. The average molecular weight is 214 g/mol. The van der Waals surface area contributed by atoms with E-state index in [1.165, 1.54) is 0 Å². The number of nitrogens with two attached hydrogens (primary N) is 1. The molecule has 2 rings (SSSR count). The maximum absolute atomic E-state index is 6.22. The number of hydrogen-bond acceptors (Lipinski definition) is 2. The minimum absolute atomic E-state index is 0.404. The average Bonchev–Trinajstić information content (AvgIpc) is 2.55. The van der Waals surface area contributed by atoms with Gasteiger partial charge in [0, 0.05) is 19.0 Å². The van der Waals surface area contributed by atoms with Crippen LogP contribution in [-0.4, -0.2) is 16.1 Å². The molecule has 1 aliphatic heterocycles. The topological polar surface area (TPSA) is 43.8 Å². The lowest BCUT2D eigenvalue weighted by Gasteiger charge is -2.22. The second-order valence-electron chi connectivity index (χ2n) is 3.79. The van der Waals surface area contributed by atoms with E-state index >= 15 is 0 Å². The summed E-state index contributed by atoms with van der Waals surface area (Å²) in [6, 6.07) is 0. The lowest BCUT2D eigenvalue weighted by molar-refractivity contribution is 0.448. The van der Waals surface area contributed by atoms with Gasteiger partial charge in [-0.2, -0.15) is 0 Å². The van der Waals surface area contributed by atoms with Gasteiger partial charge < -0.3 is 10.3 Å². The molecule has 0 saturated carbocycles. The van der Waals surface area contributed by atoms with Gasteiger partial charge in [-0.25, -0.2) is 4.98 Å². The molecule has 0 saturated heterocycles. The normalized spacial score (nSPS) is 20.9. The van der Waals surface area contributed by atoms with Crippen molar-refractivity contribution < 1.29 is 0 Å². The summed E-state index contributed by atoms with van der Waals surface area (Å²) in [7, 11) is 0. The molecule has 1 unspecified atom stereocenters. The summed E-state index contributed by atoms with van der Waals surface area (Å²) in [6.07, 6.45) is 3.21. The predicted octanol–water partition coefficient (Wildman–Crippen LogP) is 1.94. The molecule has 3 nitrogen and oxygen atoms in total. The van der Waals surface area contributed by atoms with Crippen LogP contribution in [-0.2, 0) is 13.0 Å². The van der Waals surface area contributed by atoms with Crippen LogP contribution in [0.1, 0.15) is 37.2 Å². The Hall–Kier alpha value is -0.540. The van der Waals surface area contributed by atoms with Gasteiger partial charge in [0.1, 0.15) is 11.0 Å². The smallest absolute Gasteiger partial charge is 0.132 e. The van der Waals surface area contributed by atoms with Gasteiger partial charge in [0.15, 0.2) is 0 Å². The van der Waals surface area contributed by atoms with Crippen molar-refractivity contribution in [2.24, 2.45) is 5.73 Å². The minimum Gasteiger partial charge on any atom is -0.330 e. The summed E-state index contributed by atoms with van der Waals surface area (Å²) in [6.45, 7) is 3.76. The first kappa shape index (κ1) is 9.99. The van der Waals surface area contributed by atoms with Crippen LogP contribution >= 0.6 is 11.6 Å². The van der Waals surface area contributed by atoms with E-state index in [4.69, 9.17) is 17.3 Å². The number of nitrogens with zero attached hydrogens (tertiary/aromatic N) is 2. The van der Waals surface area contributed by atoms with Crippen LogP contribution in [0, 0.1) is 0 Å². The molecular weight excluding hydrogens is 198 g/mol. The number of aromatic nitrogens is 2. The van der Waals surface area contributed by atoms with Gasteiger partial charge in [0.2, 0.25) is 0 Å². The van der Waals surface area contributed by atoms with Gasteiger partial charge in [-0.3, -0.25) is 0 Å². The molecule has 4 heteroatoms. The number of rotatable bonds is 2. The SMILES string of the molecule is CCc1nc2n(c1Cl)CCCC2CN. The minimum atomic E-state index is 0.404. The van der Waals surface area contributed by atoms with Crippen molar-refractivity contribution in [3.8, 4) is 0 Å². The lowest BCUT2D eigenvalue weighted by atomic mass is 9.99. The van der Waals surface area contributed by atoms with Crippen molar-refractivity contribution in [2.75, 3.05) is 6.54 Å². The molecule has 2 heterocycles. The fourth-order valence-electron chi connectivity index (χ4n) is 2.10. The summed E-state index contributed by atoms with van der Waals surface area (Å²) in [5.74, 6) is 1.50. The molecule has 1 aromatic rings. The second-order valence-corrected chi connectivity index (χ2v) is 4.15. The molecule has 1 aliphatic rings. The summed E-state index contributed by atoms with van der Waals surface area (Å²) in [4.78, 5) is 4.57. The number of hydrogen-bond donors (Lipinski definition) is 1. The van der Waals surface area contributed by atoms with E-state index in [0.29, 0.717) is 12.5 Å². The zero-order valence-electron chi connectivity index (χ0n) is 8.46. The molecule has 0 bridgehead atoms. The molecular formula is C10H16ClN3. The van der Waals surface area contributed by atoms with E-state index in [9.17, 15) is 0 Å². The standard InChI is InChI=1S/C10H16ClN3/c1-2-8-9(11)14-5-3-4-7(6-12)10(14)13-8/h7H,2-6,12H2,1H3. The Labute approximate surface area is 89.3 Å². The summed E-state index contributed by atoms with van der Waals surface area (Å²) in [5, 5.41) is 0.820. The van der Waals surface area contributed by atoms with Crippen molar-refractivity contribution in [3.05, 3.63) is 16.7 Å². The lowest BCUT2D eigenvalue weighted by Crippen LogP contribution is -2.22. The molecule has 0 aliphatic carbocycles. The molecule has 0 fully saturated rings. The molecule has 2 N–H and O–H groups in total. The van der Waals surface area contributed by atoms with Crippen molar-refractivity contribution in [3.63, 3.8) is 0 Å². The molecule has 0 aromatic carbocycles. The van der Waals surface area contributed by atoms with E-state index < -0.39 is 0 Å². The highest BCUT2D eigenvalue weighted by atomic mass is 35.5. The van der Waals surface area contributed by atoms with Gasteiger partial charge in [0.05, 0.1) is 5.69 Å². The Morgan fingerprint density at radius 1 is 1.64 bits per heavy atom. The Balaban J connectivity index is 2.43. The maximum Gasteiger partial charge on any atom is 0.132 e. The molecule has 1 atom stereocenters. The maximum atomic E-state index is 6.22. The summed E-state index contributed by atoms with van der Waals surface area (Å²) < 4.78 is 2.13. The monoisotopic (exact) mass is 213 g/mol. The van der Waals surface area contributed by atoms with E-state index in [1.54, 1.807) is 0 Å². The Kier molecular flexibility index (Phi) is 2.79. The highest BCUT2D eigenvalue weighted by molar-refractivity contribution is 6.30. The van der Waals surface area contributed by atoms with Crippen molar-refractivity contribution in [1.29, 1.82) is 0 Å². The van der Waals surface area contributed by atoms with Crippen LogP contribution in [0.25, 0.3) is 0 Å². The van der Waals surface area contributed by atoms with Crippen molar-refractivity contribution in [2.45, 2.75) is 38.6 Å². The highest BCUT2D eigenvalue weighted by Gasteiger charge is 2.24. The Morgan fingerprint density at radius 3 is 3.07 bits per heavy atom. The van der Waals surface area contributed by atoms with Gasteiger partial charge in [0.25, 0.3) is 0 Å². The second kappa shape index (κ2) is 3.91. The van der Waals surface area contributed by atoms with E-state index in [0.717, 1.165) is 42.5 Å². The summed E-state index contributed by atoms with van der Waals surface area (Å²) >= 11 is 6.22. The van der Waals surface area contributed by atoms with Crippen LogP contribution in [0.5, 0.6) is 0 Å². The molecule has 14 heavy (non-hydrogen) atoms. The number of imidazole rings is 1. The van der Waals surface area contributed by atoms with Gasteiger partial charge >= 0.3 is 0 Å². The zero-order chi connectivity index (χ0) is 10.1. The number of halogens is 1. The third kappa shape index (κ3) is 1.44. The number of fused-ring (bicyclic) bond motifs is 1. The first-order valence-electron chi connectivity index (χ1n) is 5.22. The molecule has 0 radical (unpaired) electrons. The number of aryl methyl sites for hydroxylation is 1. The fraction of sp³-hybridized carbons (Fsp3) is 0.700. The van der Waals surface area contributed by atoms with E-state index in [1.807, 2.05) is 0 Å². The van der Waals surface area contributed by atoms with Crippen molar-refractivity contribution in [1.82, 2.24) is 9.55 Å². The van der Waals surface area contributed by atoms with Crippen LogP contribution in [0.15, 0.2) is 0 Å². The van der Waals surface area contributed by atoms with Crippen LogP contribution in [0.3, 0.4) is 0 Å². The third-order valence-corrected chi connectivity index (χ3v) is 3.34. The van der Waals surface area contributed by atoms with E-state index in [2.05, 4.69) is 16.5 Å². The molecule has 0 spiro atoms. The van der Waals surface area contributed by atoms with Crippen molar-refractivity contribution >= 4 is 11.6 Å². The van der Waals surface area contributed by atoms with Crippen LogP contribution in [0.2, 0.25) is 5.15 Å². The van der Waals surface area contributed by atoms with Crippen LogP contribution < -0.4 is 5.73 Å². The Bertz CT molecular complexity index is 332. The predicted molar refractivity (Wildman–Crippen MR) is 57.6 cm³/mol. The summed E-state index contributed by atoms with van der Waals surface area (Å²) in [5.41, 5.74) is 6.74. The first-order chi connectivity index (χ1) is 6.77. The zero-order valence-corrected chi connectivity index (χ0v) is 9.22. The van der Waals surface area contributed by atoms with Gasteiger partial charge in [-0.05, 0) is 19.3 Å². The van der Waals surface area contributed by atoms with Gasteiger partial charge in [-0.1, -0.05) is 18.5 Å². The molecule has 1 aromatic heterocycles. The Morgan fingerprint density at radius 2 is 2.43 bits per heavy atom. The van der Waals surface area contributed by atoms with Crippen LogP contribution in [0.4, 0.5) is 0 Å². The third-order valence-electron chi connectivity index (χ3n) is 2.92. The molecule has 0 amide bonds. The van der Waals surface area contributed by atoms with Gasteiger partial charge in [-0.15, -0.1) is 0 Å². The largest absolute Gasteiger partial charge is 0.330 e.